The summed E-state index contributed by atoms with van der Waals surface area (Å²) in [7, 11) is 1.62. The average Bonchev–Trinajstić information content (AvgIpc) is 3.27. The van der Waals surface area contributed by atoms with E-state index in [0.717, 1.165) is 29.1 Å². The normalized spacial score (nSPS) is 11.8. The maximum atomic E-state index is 13.3. The van der Waals surface area contributed by atoms with E-state index in [-0.39, 0.29) is 29.2 Å². The number of ether oxygens (including phenoxy) is 1. The van der Waals surface area contributed by atoms with Crippen LogP contribution in [0.2, 0.25) is 0 Å². The number of hydrogen-bond acceptors (Lipinski definition) is 4. The van der Waals surface area contributed by atoms with Gasteiger partial charge in [-0.25, -0.2) is 4.68 Å². The summed E-state index contributed by atoms with van der Waals surface area (Å²) in [5, 5.41) is 7.76. The van der Waals surface area contributed by atoms with Crippen LogP contribution in [-0.4, -0.2) is 46.7 Å². The standard InChI is InChI=1S/C30H40N4O3/c1-9-18-33(28(36)21-10-12-22(13-11-21)29(2,3)4)20-27(35)31-26-19-25(30(5,6)7)32-34(26)23-14-16-24(37-8)17-15-23/h10-17,19H,9,18,20H2,1-8H3,(H,31,35). The molecule has 1 N–H and O–H groups in total. The number of methoxy groups -OCH3 is 1. The van der Waals surface area contributed by atoms with Gasteiger partial charge in [-0.2, -0.15) is 5.10 Å². The van der Waals surface area contributed by atoms with Crippen molar-refractivity contribution >= 4 is 17.6 Å². The van der Waals surface area contributed by atoms with Crippen molar-refractivity contribution in [1.29, 1.82) is 0 Å². The van der Waals surface area contributed by atoms with E-state index in [1.54, 1.807) is 16.7 Å². The molecular weight excluding hydrogens is 464 g/mol. The van der Waals surface area contributed by atoms with E-state index in [0.29, 0.717) is 17.9 Å². The third-order valence-electron chi connectivity index (χ3n) is 6.18. The van der Waals surface area contributed by atoms with Crippen molar-refractivity contribution in [1.82, 2.24) is 14.7 Å². The highest BCUT2D eigenvalue weighted by Crippen LogP contribution is 2.27. The summed E-state index contributed by atoms with van der Waals surface area (Å²) >= 11 is 0. The number of carbonyl (C=O) groups is 2. The van der Waals surface area contributed by atoms with E-state index in [1.807, 2.05) is 61.5 Å². The van der Waals surface area contributed by atoms with Crippen LogP contribution in [0, 0.1) is 0 Å². The van der Waals surface area contributed by atoms with Crippen molar-refractivity contribution in [3.8, 4) is 11.4 Å². The van der Waals surface area contributed by atoms with Crippen LogP contribution < -0.4 is 10.1 Å². The smallest absolute Gasteiger partial charge is 0.254 e. The molecule has 3 aromatic rings. The molecule has 0 saturated heterocycles. The van der Waals surface area contributed by atoms with Gasteiger partial charge in [0.15, 0.2) is 0 Å². The highest BCUT2D eigenvalue weighted by atomic mass is 16.5. The fraction of sp³-hybridized carbons (Fsp3) is 0.433. The van der Waals surface area contributed by atoms with E-state index in [4.69, 9.17) is 9.84 Å². The number of anilines is 1. The Balaban J connectivity index is 1.83. The number of nitrogens with one attached hydrogen (secondary N) is 1. The van der Waals surface area contributed by atoms with E-state index in [2.05, 4.69) is 46.9 Å². The molecule has 0 unspecified atom stereocenters. The molecule has 2 aromatic carbocycles. The zero-order valence-corrected chi connectivity index (χ0v) is 23.4. The lowest BCUT2D eigenvalue weighted by atomic mass is 9.86. The van der Waals surface area contributed by atoms with Crippen LogP contribution in [0.4, 0.5) is 5.82 Å². The maximum Gasteiger partial charge on any atom is 0.254 e. The van der Waals surface area contributed by atoms with Crippen molar-refractivity contribution in [2.45, 2.75) is 65.7 Å². The van der Waals surface area contributed by atoms with E-state index < -0.39 is 0 Å². The first-order valence-electron chi connectivity index (χ1n) is 12.8. The minimum atomic E-state index is -0.275. The molecule has 37 heavy (non-hydrogen) atoms. The maximum absolute atomic E-state index is 13.3. The first-order valence-corrected chi connectivity index (χ1v) is 12.8. The number of benzene rings is 2. The third kappa shape index (κ3) is 7.00. The molecule has 0 spiro atoms. The Hall–Kier alpha value is -3.61. The van der Waals surface area contributed by atoms with Crippen molar-refractivity contribution in [2.24, 2.45) is 0 Å². The van der Waals surface area contributed by atoms with Gasteiger partial charge in [-0.05, 0) is 53.8 Å². The summed E-state index contributed by atoms with van der Waals surface area (Å²) < 4.78 is 6.99. The number of nitrogens with zero attached hydrogens (tertiary/aromatic N) is 3. The summed E-state index contributed by atoms with van der Waals surface area (Å²) in [5.41, 5.74) is 3.17. The van der Waals surface area contributed by atoms with Gasteiger partial charge in [0.25, 0.3) is 5.91 Å². The van der Waals surface area contributed by atoms with Gasteiger partial charge in [-0.1, -0.05) is 60.6 Å². The Morgan fingerprint density at radius 3 is 2.08 bits per heavy atom. The van der Waals surface area contributed by atoms with Crippen molar-refractivity contribution in [3.63, 3.8) is 0 Å². The number of carbonyl (C=O) groups excluding carboxylic acids is 2. The molecule has 0 aliphatic carbocycles. The molecule has 0 saturated carbocycles. The molecule has 1 aromatic heterocycles. The van der Waals surface area contributed by atoms with Crippen LogP contribution in [0.25, 0.3) is 5.69 Å². The van der Waals surface area contributed by atoms with Crippen molar-refractivity contribution in [3.05, 3.63) is 71.4 Å². The molecule has 0 aliphatic rings. The molecule has 7 nitrogen and oxygen atoms in total. The molecule has 0 bridgehead atoms. The SMILES string of the molecule is CCCN(CC(=O)Nc1cc(C(C)(C)C)nn1-c1ccc(OC)cc1)C(=O)c1ccc(C(C)(C)C)cc1. The lowest BCUT2D eigenvalue weighted by Crippen LogP contribution is -2.38. The zero-order chi connectivity index (χ0) is 27.4. The van der Waals surface area contributed by atoms with Crippen molar-refractivity contribution < 1.29 is 14.3 Å². The van der Waals surface area contributed by atoms with Gasteiger partial charge in [0.05, 0.1) is 18.5 Å². The summed E-state index contributed by atoms with van der Waals surface area (Å²) in [6.45, 7) is 15.1. The van der Waals surface area contributed by atoms with Gasteiger partial charge in [0.1, 0.15) is 18.1 Å². The van der Waals surface area contributed by atoms with Crippen LogP contribution in [0.5, 0.6) is 5.75 Å². The monoisotopic (exact) mass is 504 g/mol. The van der Waals surface area contributed by atoms with Gasteiger partial charge in [0, 0.05) is 23.6 Å². The van der Waals surface area contributed by atoms with Crippen molar-refractivity contribution in [2.75, 3.05) is 25.5 Å². The van der Waals surface area contributed by atoms with Gasteiger partial charge in [-0.3, -0.25) is 9.59 Å². The average molecular weight is 505 g/mol. The van der Waals surface area contributed by atoms with Gasteiger partial charge < -0.3 is 15.0 Å². The molecule has 198 valence electrons. The van der Waals surface area contributed by atoms with Gasteiger partial charge in [-0.15, -0.1) is 0 Å². The first kappa shape index (κ1) is 28.0. The second-order valence-electron chi connectivity index (χ2n) is 11.4. The van der Waals surface area contributed by atoms with E-state index in [9.17, 15) is 9.59 Å². The largest absolute Gasteiger partial charge is 0.497 e. The second-order valence-corrected chi connectivity index (χ2v) is 11.4. The topological polar surface area (TPSA) is 76.5 Å². The Morgan fingerprint density at radius 1 is 0.946 bits per heavy atom. The number of aromatic nitrogens is 2. The molecule has 7 heteroatoms. The Bertz CT molecular complexity index is 1210. The molecular formula is C30H40N4O3. The van der Waals surface area contributed by atoms with Crippen LogP contribution in [0.15, 0.2) is 54.6 Å². The summed E-state index contributed by atoms with van der Waals surface area (Å²) in [6.07, 6.45) is 0.747. The highest BCUT2D eigenvalue weighted by molar-refractivity contribution is 5.99. The number of rotatable bonds is 8. The Morgan fingerprint density at radius 2 is 1.57 bits per heavy atom. The summed E-state index contributed by atoms with van der Waals surface area (Å²) in [4.78, 5) is 28.1. The van der Waals surface area contributed by atoms with Gasteiger partial charge in [0.2, 0.25) is 5.91 Å². The lowest BCUT2D eigenvalue weighted by Gasteiger charge is -2.23. The van der Waals surface area contributed by atoms with E-state index in [1.165, 1.54) is 0 Å². The predicted octanol–water partition coefficient (Wildman–Crippen LogP) is 5.97. The molecule has 0 atom stereocenters. The molecule has 1 heterocycles. The molecule has 0 radical (unpaired) electrons. The Labute approximate surface area is 220 Å². The lowest BCUT2D eigenvalue weighted by molar-refractivity contribution is -0.116. The van der Waals surface area contributed by atoms with Crippen LogP contribution in [0.1, 0.15) is 76.5 Å². The summed E-state index contributed by atoms with van der Waals surface area (Å²) in [5.74, 6) is 0.861. The van der Waals surface area contributed by atoms with E-state index >= 15 is 0 Å². The molecule has 0 fully saturated rings. The zero-order valence-electron chi connectivity index (χ0n) is 23.4. The quantitative estimate of drug-likeness (QED) is 0.410. The van der Waals surface area contributed by atoms with Crippen LogP contribution in [-0.2, 0) is 15.6 Å². The molecule has 2 amide bonds. The summed E-state index contributed by atoms with van der Waals surface area (Å²) in [6, 6.07) is 17.0. The predicted molar refractivity (Wildman–Crippen MR) is 149 cm³/mol. The fourth-order valence-corrected chi connectivity index (χ4v) is 3.93. The van der Waals surface area contributed by atoms with Crippen LogP contribution >= 0.6 is 0 Å². The highest BCUT2D eigenvalue weighted by Gasteiger charge is 2.24. The van der Waals surface area contributed by atoms with Crippen LogP contribution in [0.3, 0.4) is 0 Å². The second kappa shape index (κ2) is 11.2. The number of amides is 2. The number of hydrogen-bond donors (Lipinski definition) is 1. The minimum Gasteiger partial charge on any atom is -0.497 e. The molecule has 0 aliphatic heterocycles. The minimum absolute atomic E-state index is 0.00329. The Kier molecular flexibility index (Phi) is 8.46. The fourth-order valence-electron chi connectivity index (χ4n) is 3.93. The third-order valence-corrected chi connectivity index (χ3v) is 6.18. The molecule has 3 rings (SSSR count). The first-order chi connectivity index (χ1) is 17.3. The van der Waals surface area contributed by atoms with Gasteiger partial charge >= 0.3 is 0 Å².